The first-order valence-corrected chi connectivity index (χ1v) is 10.7. The highest BCUT2D eigenvalue weighted by molar-refractivity contribution is 7.94. The summed E-state index contributed by atoms with van der Waals surface area (Å²) in [5.41, 5.74) is 0.366. The fraction of sp³-hybridized carbons (Fsp3) is 0.211. The second kappa shape index (κ2) is 6.57. The third kappa shape index (κ3) is 3.36. The molecule has 0 radical (unpaired) electrons. The normalized spacial score (nSPS) is 17.6. The lowest BCUT2D eigenvalue weighted by Crippen LogP contribution is -2.33. The molecular formula is C19H17ClN4O4S. The summed E-state index contributed by atoms with van der Waals surface area (Å²) in [5, 5.41) is 10.5. The van der Waals surface area contributed by atoms with E-state index in [-0.39, 0.29) is 22.0 Å². The van der Waals surface area contributed by atoms with Crippen molar-refractivity contribution in [2.45, 2.75) is 13.8 Å². The van der Waals surface area contributed by atoms with Gasteiger partial charge in [-0.05, 0) is 50.2 Å². The SMILES string of the molecule is CC1(C)CS(=O)(=O)N(c2cc(C(=O)Nc3ccc4cn[nH]c4c3)ccc2Cl)C1=O. The minimum Gasteiger partial charge on any atom is -0.322 e. The van der Waals surface area contributed by atoms with E-state index in [0.717, 1.165) is 10.9 Å². The van der Waals surface area contributed by atoms with Gasteiger partial charge < -0.3 is 5.32 Å². The maximum absolute atomic E-state index is 12.7. The zero-order chi connectivity index (χ0) is 21.0. The number of carbonyl (C=O) groups excluding carboxylic acids is 2. The van der Waals surface area contributed by atoms with Gasteiger partial charge in [0.25, 0.3) is 5.91 Å². The molecule has 8 nitrogen and oxygen atoms in total. The summed E-state index contributed by atoms with van der Waals surface area (Å²) in [7, 11) is -3.88. The van der Waals surface area contributed by atoms with Gasteiger partial charge in [-0.15, -0.1) is 0 Å². The van der Waals surface area contributed by atoms with Crippen LogP contribution in [0.25, 0.3) is 10.9 Å². The number of aromatic amines is 1. The van der Waals surface area contributed by atoms with Gasteiger partial charge in [0, 0.05) is 16.6 Å². The third-order valence-corrected chi connectivity index (χ3v) is 7.04. The van der Waals surface area contributed by atoms with Crippen molar-refractivity contribution in [1.29, 1.82) is 0 Å². The Morgan fingerprint density at radius 1 is 1.24 bits per heavy atom. The molecule has 0 bridgehead atoms. The minimum atomic E-state index is -3.88. The molecule has 1 aromatic heterocycles. The Morgan fingerprint density at radius 2 is 2.00 bits per heavy atom. The molecule has 0 atom stereocenters. The Morgan fingerprint density at radius 3 is 2.69 bits per heavy atom. The quantitative estimate of drug-likeness (QED) is 0.660. The van der Waals surface area contributed by atoms with Crippen LogP contribution in [0.1, 0.15) is 24.2 Å². The highest BCUT2D eigenvalue weighted by atomic mass is 35.5. The number of fused-ring (bicyclic) bond motifs is 1. The van der Waals surface area contributed by atoms with Crippen LogP contribution in [-0.2, 0) is 14.8 Å². The smallest absolute Gasteiger partial charge is 0.255 e. The van der Waals surface area contributed by atoms with Crippen LogP contribution in [-0.4, -0.2) is 36.2 Å². The number of sulfonamides is 1. The summed E-state index contributed by atoms with van der Waals surface area (Å²) in [4.78, 5) is 25.3. The molecule has 1 saturated heterocycles. The summed E-state index contributed by atoms with van der Waals surface area (Å²) in [5.74, 6) is -1.37. The van der Waals surface area contributed by atoms with Crippen LogP contribution in [0.2, 0.25) is 5.02 Å². The number of halogens is 1. The van der Waals surface area contributed by atoms with E-state index in [1.54, 1.807) is 38.2 Å². The van der Waals surface area contributed by atoms with Crippen molar-refractivity contribution in [2.24, 2.45) is 5.41 Å². The first-order chi connectivity index (χ1) is 13.6. The van der Waals surface area contributed by atoms with Gasteiger partial charge in [0.1, 0.15) is 0 Å². The molecule has 1 fully saturated rings. The molecule has 1 aliphatic rings. The standard InChI is InChI=1S/C19H17ClN4O4S/c1-19(2)10-29(27,28)24(18(19)26)16-7-11(4-6-14(16)20)17(25)22-13-5-3-12-9-21-23-15(12)8-13/h3-9H,10H2,1-2H3,(H,21,23)(H,22,25). The van der Waals surface area contributed by atoms with Gasteiger partial charge in [0.15, 0.2) is 0 Å². The summed E-state index contributed by atoms with van der Waals surface area (Å²) < 4.78 is 25.8. The van der Waals surface area contributed by atoms with Crippen LogP contribution in [0.5, 0.6) is 0 Å². The number of aromatic nitrogens is 2. The van der Waals surface area contributed by atoms with Crippen molar-refractivity contribution in [3.8, 4) is 0 Å². The van der Waals surface area contributed by atoms with Crippen LogP contribution >= 0.6 is 11.6 Å². The number of nitrogens with one attached hydrogen (secondary N) is 2. The van der Waals surface area contributed by atoms with E-state index in [4.69, 9.17) is 11.6 Å². The maximum Gasteiger partial charge on any atom is 0.255 e. The van der Waals surface area contributed by atoms with Gasteiger partial charge >= 0.3 is 0 Å². The Balaban J connectivity index is 1.67. The molecule has 0 saturated carbocycles. The summed E-state index contributed by atoms with van der Waals surface area (Å²) in [6.07, 6.45) is 1.67. The number of benzene rings is 2. The van der Waals surface area contributed by atoms with Crippen molar-refractivity contribution in [3.05, 3.63) is 53.2 Å². The lowest BCUT2D eigenvalue weighted by molar-refractivity contribution is -0.123. The molecule has 0 unspecified atom stereocenters. The lowest BCUT2D eigenvalue weighted by atomic mass is 9.95. The average molecular weight is 433 g/mol. The van der Waals surface area contributed by atoms with Gasteiger partial charge in [-0.1, -0.05) is 11.6 Å². The fourth-order valence-corrected chi connectivity index (χ4v) is 5.64. The number of rotatable bonds is 3. The van der Waals surface area contributed by atoms with Crippen LogP contribution in [0.15, 0.2) is 42.6 Å². The molecule has 1 aliphatic heterocycles. The molecular weight excluding hydrogens is 416 g/mol. The Hall–Kier alpha value is -2.91. The van der Waals surface area contributed by atoms with E-state index in [9.17, 15) is 18.0 Å². The Bertz CT molecular complexity index is 1270. The van der Waals surface area contributed by atoms with Gasteiger partial charge in [-0.3, -0.25) is 14.7 Å². The monoisotopic (exact) mass is 432 g/mol. The second-order valence-electron chi connectivity index (χ2n) is 7.50. The first-order valence-electron chi connectivity index (χ1n) is 8.70. The number of hydrogen-bond acceptors (Lipinski definition) is 5. The predicted octanol–water partition coefficient (Wildman–Crippen LogP) is 3.17. The van der Waals surface area contributed by atoms with E-state index in [1.165, 1.54) is 18.2 Å². The van der Waals surface area contributed by atoms with Crippen LogP contribution in [0, 0.1) is 5.41 Å². The van der Waals surface area contributed by atoms with E-state index < -0.39 is 27.3 Å². The molecule has 2 amide bonds. The van der Waals surface area contributed by atoms with Gasteiger partial charge in [0.05, 0.1) is 33.6 Å². The van der Waals surface area contributed by atoms with Crippen LogP contribution < -0.4 is 9.62 Å². The molecule has 0 aliphatic carbocycles. The van der Waals surface area contributed by atoms with E-state index in [1.807, 2.05) is 0 Å². The Kier molecular flexibility index (Phi) is 4.39. The second-order valence-corrected chi connectivity index (χ2v) is 9.73. The third-order valence-electron chi connectivity index (χ3n) is 4.71. The molecule has 2 heterocycles. The predicted molar refractivity (Wildman–Crippen MR) is 111 cm³/mol. The average Bonchev–Trinajstić information content (AvgIpc) is 3.15. The number of anilines is 2. The maximum atomic E-state index is 12.7. The number of carbonyl (C=O) groups is 2. The summed E-state index contributed by atoms with van der Waals surface area (Å²) in [6, 6.07) is 9.44. The molecule has 3 aromatic rings. The van der Waals surface area contributed by atoms with Gasteiger partial charge in [-0.2, -0.15) is 5.10 Å². The molecule has 4 rings (SSSR count). The van der Waals surface area contributed by atoms with Crippen molar-refractivity contribution < 1.29 is 18.0 Å². The molecule has 150 valence electrons. The van der Waals surface area contributed by atoms with E-state index in [2.05, 4.69) is 15.5 Å². The first kappa shape index (κ1) is 19.4. The van der Waals surface area contributed by atoms with Crippen molar-refractivity contribution in [1.82, 2.24) is 10.2 Å². The number of nitrogens with zero attached hydrogens (tertiary/aromatic N) is 2. The molecule has 29 heavy (non-hydrogen) atoms. The highest BCUT2D eigenvalue weighted by Crippen LogP contribution is 2.39. The van der Waals surface area contributed by atoms with Gasteiger partial charge in [0.2, 0.25) is 15.9 Å². The number of H-pyrrole nitrogens is 1. The highest BCUT2D eigenvalue weighted by Gasteiger charge is 2.50. The topological polar surface area (TPSA) is 112 Å². The van der Waals surface area contributed by atoms with Crippen molar-refractivity contribution >= 4 is 55.7 Å². The summed E-state index contributed by atoms with van der Waals surface area (Å²) in [6.45, 7) is 3.12. The molecule has 2 aromatic carbocycles. The minimum absolute atomic E-state index is 0.0288. The molecule has 2 N–H and O–H groups in total. The molecule has 0 spiro atoms. The van der Waals surface area contributed by atoms with Crippen LogP contribution in [0.4, 0.5) is 11.4 Å². The summed E-state index contributed by atoms with van der Waals surface area (Å²) >= 11 is 6.18. The largest absolute Gasteiger partial charge is 0.322 e. The zero-order valence-electron chi connectivity index (χ0n) is 15.6. The molecule has 10 heteroatoms. The van der Waals surface area contributed by atoms with E-state index in [0.29, 0.717) is 9.99 Å². The van der Waals surface area contributed by atoms with Crippen molar-refractivity contribution in [2.75, 3.05) is 15.4 Å². The van der Waals surface area contributed by atoms with Gasteiger partial charge in [-0.25, -0.2) is 12.7 Å². The lowest BCUT2D eigenvalue weighted by Gasteiger charge is -2.19. The number of hydrogen-bond donors (Lipinski definition) is 2. The van der Waals surface area contributed by atoms with Crippen molar-refractivity contribution in [3.63, 3.8) is 0 Å². The number of amides is 2. The fourth-order valence-electron chi connectivity index (χ4n) is 3.27. The Labute approximate surface area is 171 Å². The zero-order valence-corrected chi connectivity index (χ0v) is 17.1. The van der Waals surface area contributed by atoms with Crippen LogP contribution in [0.3, 0.4) is 0 Å². The van der Waals surface area contributed by atoms with E-state index >= 15 is 0 Å².